The Hall–Kier alpha value is -2.60. The Morgan fingerprint density at radius 3 is 1.76 bits per heavy atom. The minimum Gasteiger partial charge on any atom is -0.508 e. The molecule has 0 aliphatic rings. The number of azo groups is 1. The molecule has 0 bridgehead atoms. The molecule has 2 rings (SSSR count). The van der Waals surface area contributed by atoms with Crippen LogP contribution in [0.3, 0.4) is 0 Å². The summed E-state index contributed by atoms with van der Waals surface area (Å²) in [7, 11) is 0. The molecule has 3 nitrogen and oxygen atoms in total. The summed E-state index contributed by atoms with van der Waals surface area (Å²) in [6, 6.07) is 13.7. The van der Waals surface area contributed by atoms with Gasteiger partial charge in [-0.15, -0.1) is 6.42 Å². The molecule has 0 fully saturated rings. The number of hydrogen-bond donors (Lipinski definition) is 1. The van der Waals surface area contributed by atoms with E-state index in [1.54, 1.807) is 36.4 Å². The van der Waals surface area contributed by atoms with Crippen LogP contribution in [0.2, 0.25) is 0 Å². The zero-order chi connectivity index (χ0) is 12.1. The molecule has 2 aromatic rings. The molecule has 0 heterocycles. The maximum Gasteiger partial charge on any atom is 0.115 e. The van der Waals surface area contributed by atoms with Crippen molar-refractivity contribution in [1.29, 1.82) is 0 Å². The third kappa shape index (κ3) is 2.93. The van der Waals surface area contributed by atoms with Crippen molar-refractivity contribution in [3.05, 3.63) is 54.1 Å². The number of nitrogens with zero attached hydrogens (tertiary/aromatic N) is 2. The van der Waals surface area contributed by atoms with Gasteiger partial charge >= 0.3 is 0 Å². The number of aromatic hydroxyl groups is 1. The van der Waals surface area contributed by atoms with Gasteiger partial charge in [0, 0.05) is 5.56 Å². The summed E-state index contributed by atoms with van der Waals surface area (Å²) in [5.74, 6) is 2.74. The van der Waals surface area contributed by atoms with E-state index in [-0.39, 0.29) is 5.75 Å². The molecule has 0 aliphatic carbocycles. The summed E-state index contributed by atoms with van der Waals surface area (Å²) in [5, 5.41) is 17.2. The number of rotatable bonds is 2. The summed E-state index contributed by atoms with van der Waals surface area (Å²) >= 11 is 0. The van der Waals surface area contributed by atoms with Crippen LogP contribution < -0.4 is 0 Å². The third-order valence-electron chi connectivity index (χ3n) is 2.16. The fourth-order valence-electron chi connectivity index (χ4n) is 1.26. The van der Waals surface area contributed by atoms with Crippen molar-refractivity contribution >= 4 is 11.4 Å². The van der Waals surface area contributed by atoms with Gasteiger partial charge in [-0.2, -0.15) is 10.2 Å². The van der Waals surface area contributed by atoms with Gasteiger partial charge in [0.25, 0.3) is 0 Å². The molecule has 1 N–H and O–H groups in total. The first-order valence-electron chi connectivity index (χ1n) is 5.05. The molecule has 82 valence electrons. The lowest BCUT2D eigenvalue weighted by Gasteiger charge is -1.94. The molecular formula is C14H10N2O. The van der Waals surface area contributed by atoms with Gasteiger partial charge in [-0.05, 0) is 48.5 Å². The van der Waals surface area contributed by atoms with E-state index in [2.05, 4.69) is 16.1 Å². The Labute approximate surface area is 99.5 Å². The van der Waals surface area contributed by atoms with E-state index in [0.29, 0.717) is 5.69 Å². The molecule has 0 amide bonds. The Morgan fingerprint density at radius 1 is 0.824 bits per heavy atom. The lowest BCUT2D eigenvalue weighted by Crippen LogP contribution is -1.70. The molecule has 0 atom stereocenters. The number of hydrogen-bond acceptors (Lipinski definition) is 3. The first-order valence-corrected chi connectivity index (χ1v) is 5.05. The number of phenolic OH excluding ortho intramolecular Hbond substituents is 1. The topological polar surface area (TPSA) is 45.0 Å². The van der Waals surface area contributed by atoms with Crippen LogP contribution in [0.4, 0.5) is 11.4 Å². The fraction of sp³-hybridized carbons (Fsp3) is 0. The van der Waals surface area contributed by atoms with Crippen molar-refractivity contribution < 1.29 is 5.11 Å². The van der Waals surface area contributed by atoms with Crippen LogP contribution in [0.1, 0.15) is 5.56 Å². The van der Waals surface area contributed by atoms with Crippen LogP contribution in [-0.4, -0.2) is 5.11 Å². The van der Waals surface area contributed by atoms with Crippen LogP contribution in [0, 0.1) is 12.3 Å². The minimum absolute atomic E-state index is 0.210. The van der Waals surface area contributed by atoms with E-state index in [0.717, 1.165) is 11.3 Å². The maximum atomic E-state index is 9.11. The van der Waals surface area contributed by atoms with Gasteiger partial charge in [0.15, 0.2) is 0 Å². The van der Waals surface area contributed by atoms with E-state index in [4.69, 9.17) is 11.5 Å². The minimum atomic E-state index is 0.210. The maximum absolute atomic E-state index is 9.11. The average molecular weight is 222 g/mol. The highest BCUT2D eigenvalue weighted by Gasteiger charge is 1.92. The van der Waals surface area contributed by atoms with Crippen molar-refractivity contribution in [2.45, 2.75) is 0 Å². The smallest absolute Gasteiger partial charge is 0.115 e. The summed E-state index contributed by atoms with van der Waals surface area (Å²) in [6.45, 7) is 0. The highest BCUT2D eigenvalue weighted by Crippen LogP contribution is 2.20. The van der Waals surface area contributed by atoms with Gasteiger partial charge in [0.1, 0.15) is 5.75 Å². The van der Waals surface area contributed by atoms with E-state index in [9.17, 15) is 0 Å². The number of terminal acetylenes is 1. The summed E-state index contributed by atoms with van der Waals surface area (Å²) in [4.78, 5) is 0. The molecule has 0 unspecified atom stereocenters. The van der Waals surface area contributed by atoms with E-state index in [1.807, 2.05) is 12.1 Å². The highest BCUT2D eigenvalue weighted by molar-refractivity contribution is 5.45. The summed E-state index contributed by atoms with van der Waals surface area (Å²) in [5.41, 5.74) is 2.23. The standard InChI is InChI=1S/C14H10N2O/c1-2-11-3-5-12(6-4-11)15-16-13-7-9-14(17)10-8-13/h1,3-10,17H. The normalized spacial score (nSPS) is 10.3. The molecule has 17 heavy (non-hydrogen) atoms. The highest BCUT2D eigenvalue weighted by atomic mass is 16.3. The van der Waals surface area contributed by atoms with E-state index >= 15 is 0 Å². The Morgan fingerprint density at radius 2 is 1.29 bits per heavy atom. The van der Waals surface area contributed by atoms with Crippen molar-refractivity contribution in [2.75, 3.05) is 0 Å². The van der Waals surface area contributed by atoms with Crippen LogP contribution in [-0.2, 0) is 0 Å². The zero-order valence-electron chi connectivity index (χ0n) is 9.04. The Kier molecular flexibility index (Phi) is 3.18. The number of phenols is 1. The molecule has 0 spiro atoms. The number of benzene rings is 2. The lowest BCUT2D eigenvalue weighted by atomic mass is 10.2. The van der Waals surface area contributed by atoms with Crippen LogP contribution in [0.15, 0.2) is 58.8 Å². The Balaban J connectivity index is 2.14. The fourth-order valence-corrected chi connectivity index (χ4v) is 1.26. The molecule has 0 saturated heterocycles. The van der Waals surface area contributed by atoms with Crippen LogP contribution in [0.25, 0.3) is 0 Å². The summed E-state index contributed by atoms with van der Waals surface area (Å²) in [6.07, 6.45) is 5.25. The second-order valence-corrected chi connectivity index (χ2v) is 3.41. The van der Waals surface area contributed by atoms with E-state index in [1.165, 1.54) is 0 Å². The van der Waals surface area contributed by atoms with E-state index < -0.39 is 0 Å². The molecular weight excluding hydrogens is 212 g/mol. The summed E-state index contributed by atoms with van der Waals surface area (Å²) < 4.78 is 0. The van der Waals surface area contributed by atoms with Gasteiger partial charge in [0.2, 0.25) is 0 Å². The predicted molar refractivity (Wildman–Crippen MR) is 66.7 cm³/mol. The lowest BCUT2D eigenvalue weighted by molar-refractivity contribution is 0.475. The van der Waals surface area contributed by atoms with Gasteiger partial charge in [-0.1, -0.05) is 5.92 Å². The van der Waals surface area contributed by atoms with Crippen molar-refractivity contribution in [2.24, 2.45) is 10.2 Å². The molecule has 3 heteroatoms. The third-order valence-corrected chi connectivity index (χ3v) is 2.16. The van der Waals surface area contributed by atoms with Crippen molar-refractivity contribution in [3.8, 4) is 18.1 Å². The Bertz CT molecular complexity index is 563. The van der Waals surface area contributed by atoms with Crippen molar-refractivity contribution in [1.82, 2.24) is 0 Å². The molecule has 0 aliphatic heterocycles. The van der Waals surface area contributed by atoms with Gasteiger partial charge in [0.05, 0.1) is 11.4 Å². The van der Waals surface area contributed by atoms with Gasteiger partial charge in [-0.25, -0.2) is 0 Å². The van der Waals surface area contributed by atoms with Gasteiger partial charge in [-0.3, -0.25) is 0 Å². The monoisotopic (exact) mass is 222 g/mol. The van der Waals surface area contributed by atoms with Gasteiger partial charge < -0.3 is 5.11 Å². The molecule has 0 saturated carbocycles. The van der Waals surface area contributed by atoms with Crippen LogP contribution >= 0.6 is 0 Å². The van der Waals surface area contributed by atoms with Crippen molar-refractivity contribution in [3.63, 3.8) is 0 Å². The second kappa shape index (κ2) is 4.95. The molecule has 0 radical (unpaired) electrons. The van der Waals surface area contributed by atoms with Crippen LogP contribution in [0.5, 0.6) is 5.75 Å². The predicted octanol–water partition coefficient (Wildman–Crippen LogP) is 3.79. The molecule has 0 aromatic heterocycles. The SMILES string of the molecule is C#Cc1ccc(N=Nc2ccc(O)cc2)cc1. The largest absolute Gasteiger partial charge is 0.508 e. The molecule has 2 aromatic carbocycles. The zero-order valence-corrected chi connectivity index (χ0v) is 9.04. The average Bonchev–Trinajstić information content (AvgIpc) is 2.39. The first-order chi connectivity index (χ1) is 8.28. The quantitative estimate of drug-likeness (QED) is 0.609. The first kappa shape index (κ1) is 10.9. The second-order valence-electron chi connectivity index (χ2n) is 3.41.